The number of unbranched alkanes of at least 4 members (excludes halogenated alkanes) is 1. The van der Waals surface area contributed by atoms with Gasteiger partial charge in [-0.3, -0.25) is 4.98 Å². The predicted octanol–water partition coefficient (Wildman–Crippen LogP) is 1.99. The lowest BCUT2D eigenvalue weighted by Crippen LogP contribution is -1.97. The first kappa shape index (κ1) is 12.5. The van der Waals surface area contributed by atoms with E-state index < -0.39 is 0 Å². The Hall–Kier alpha value is -1.53. The number of aromatic nitrogens is 1. The molecule has 1 N–H and O–H groups in total. The van der Waals surface area contributed by atoms with Crippen molar-refractivity contribution >= 4 is 0 Å². The highest BCUT2D eigenvalue weighted by Crippen LogP contribution is 2.10. The molecule has 0 spiro atoms. The van der Waals surface area contributed by atoms with Crippen molar-refractivity contribution in [3.05, 3.63) is 24.0 Å². The Morgan fingerprint density at radius 3 is 3.06 bits per heavy atom. The normalized spacial score (nSPS) is 9.38. The summed E-state index contributed by atoms with van der Waals surface area (Å²) in [5, 5.41) is 8.60. The minimum atomic E-state index is 0.0904. The maximum atomic E-state index is 8.60. The molecular formula is C13H17NO2. The molecule has 1 aromatic heterocycles. The molecule has 0 fully saturated rings. The van der Waals surface area contributed by atoms with Crippen molar-refractivity contribution < 1.29 is 9.84 Å². The molecule has 1 rings (SSSR count). The van der Waals surface area contributed by atoms with Crippen molar-refractivity contribution in [3.8, 4) is 17.6 Å². The number of hydrogen-bond acceptors (Lipinski definition) is 3. The van der Waals surface area contributed by atoms with Crippen molar-refractivity contribution in [2.45, 2.75) is 26.2 Å². The van der Waals surface area contributed by atoms with Crippen molar-refractivity contribution in [3.63, 3.8) is 0 Å². The number of rotatable bonds is 5. The molecule has 0 bridgehead atoms. The molecular weight excluding hydrogens is 202 g/mol. The van der Waals surface area contributed by atoms with Gasteiger partial charge in [0.1, 0.15) is 5.75 Å². The molecule has 0 saturated heterocycles. The average Bonchev–Trinajstić information content (AvgIpc) is 2.30. The Morgan fingerprint density at radius 2 is 2.31 bits per heavy atom. The Balaban J connectivity index is 2.54. The highest BCUT2D eigenvalue weighted by Gasteiger charge is 1.95. The van der Waals surface area contributed by atoms with Crippen LogP contribution in [0.1, 0.15) is 31.7 Å². The third-order valence-corrected chi connectivity index (χ3v) is 1.95. The van der Waals surface area contributed by atoms with Gasteiger partial charge in [-0.1, -0.05) is 25.2 Å². The van der Waals surface area contributed by atoms with Crippen LogP contribution in [0.25, 0.3) is 0 Å². The molecule has 1 aromatic rings. The lowest BCUT2D eigenvalue weighted by atomic mass is 10.2. The van der Waals surface area contributed by atoms with Crippen LogP contribution in [0.15, 0.2) is 18.5 Å². The van der Waals surface area contributed by atoms with Gasteiger partial charge in [0.15, 0.2) is 0 Å². The standard InChI is InChI=1S/C13H17NO2/c1-2-3-8-16-13-9-12(10-14-11-13)6-4-5-7-15/h9-11,15H,2-3,5,7-8H2,1H3. The second-order valence-electron chi connectivity index (χ2n) is 3.39. The van der Waals surface area contributed by atoms with E-state index >= 15 is 0 Å². The number of hydrogen-bond donors (Lipinski definition) is 1. The molecule has 0 aliphatic heterocycles. The van der Waals surface area contributed by atoms with Crippen LogP contribution >= 0.6 is 0 Å². The topological polar surface area (TPSA) is 42.4 Å². The first-order chi connectivity index (χ1) is 7.86. The van der Waals surface area contributed by atoms with E-state index in [1.54, 1.807) is 12.4 Å². The lowest BCUT2D eigenvalue weighted by Gasteiger charge is -2.04. The van der Waals surface area contributed by atoms with Gasteiger partial charge in [0.2, 0.25) is 0 Å². The minimum Gasteiger partial charge on any atom is -0.492 e. The zero-order chi connectivity index (χ0) is 11.6. The van der Waals surface area contributed by atoms with Crippen LogP contribution in [0.3, 0.4) is 0 Å². The minimum absolute atomic E-state index is 0.0904. The number of ether oxygens (including phenoxy) is 1. The van der Waals surface area contributed by atoms with Gasteiger partial charge in [0.25, 0.3) is 0 Å². The van der Waals surface area contributed by atoms with E-state index in [0.29, 0.717) is 13.0 Å². The molecule has 1 heterocycles. The second kappa shape index (κ2) is 7.72. The summed E-state index contributed by atoms with van der Waals surface area (Å²) < 4.78 is 5.51. The van der Waals surface area contributed by atoms with Crippen molar-refractivity contribution in [1.82, 2.24) is 4.98 Å². The quantitative estimate of drug-likeness (QED) is 0.608. The van der Waals surface area contributed by atoms with Crippen LogP contribution in [-0.2, 0) is 0 Å². The van der Waals surface area contributed by atoms with Crippen molar-refractivity contribution in [2.75, 3.05) is 13.2 Å². The van der Waals surface area contributed by atoms with Crippen molar-refractivity contribution in [1.29, 1.82) is 0 Å². The summed E-state index contributed by atoms with van der Waals surface area (Å²) in [6, 6.07) is 1.87. The Bertz CT molecular complexity index is 366. The molecule has 86 valence electrons. The first-order valence-electron chi connectivity index (χ1n) is 5.54. The van der Waals surface area contributed by atoms with Gasteiger partial charge in [0.05, 0.1) is 19.4 Å². The zero-order valence-corrected chi connectivity index (χ0v) is 9.57. The Labute approximate surface area is 96.5 Å². The Morgan fingerprint density at radius 1 is 1.44 bits per heavy atom. The summed E-state index contributed by atoms with van der Waals surface area (Å²) in [4.78, 5) is 4.05. The molecule has 16 heavy (non-hydrogen) atoms. The summed E-state index contributed by atoms with van der Waals surface area (Å²) in [6.07, 6.45) is 6.02. The summed E-state index contributed by atoms with van der Waals surface area (Å²) >= 11 is 0. The molecule has 0 radical (unpaired) electrons. The highest BCUT2D eigenvalue weighted by molar-refractivity contribution is 5.36. The SMILES string of the molecule is CCCCOc1cncc(C#CCCO)c1. The zero-order valence-electron chi connectivity index (χ0n) is 9.57. The maximum Gasteiger partial charge on any atom is 0.138 e. The fraction of sp³-hybridized carbons (Fsp3) is 0.462. The highest BCUT2D eigenvalue weighted by atomic mass is 16.5. The van der Waals surface area contributed by atoms with Gasteiger partial charge in [-0.15, -0.1) is 0 Å². The third-order valence-electron chi connectivity index (χ3n) is 1.95. The van der Waals surface area contributed by atoms with Crippen molar-refractivity contribution in [2.24, 2.45) is 0 Å². The van der Waals surface area contributed by atoms with Gasteiger partial charge in [-0.25, -0.2) is 0 Å². The fourth-order valence-electron chi connectivity index (χ4n) is 1.12. The van der Waals surface area contributed by atoms with E-state index in [2.05, 4.69) is 23.7 Å². The molecule has 0 aliphatic carbocycles. The van der Waals surface area contributed by atoms with Gasteiger partial charge in [0, 0.05) is 18.2 Å². The molecule has 0 aliphatic rings. The number of nitrogens with zero attached hydrogens (tertiary/aromatic N) is 1. The van der Waals surface area contributed by atoms with E-state index in [4.69, 9.17) is 9.84 Å². The summed E-state index contributed by atoms with van der Waals surface area (Å²) in [5.74, 6) is 6.53. The Kier molecular flexibility index (Phi) is 6.05. The monoisotopic (exact) mass is 219 g/mol. The predicted molar refractivity (Wildman–Crippen MR) is 63.2 cm³/mol. The first-order valence-corrected chi connectivity index (χ1v) is 5.54. The van der Waals surface area contributed by atoms with E-state index in [0.717, 1.165) is 24.2 Å². The van der Waals surface area contributed by atoms with Crippen LogP contribution < -0.4 is 4.74 Å². The van der Waals surface area contributed by atoms with E-state index in [1.807, 2.05) is 6.07 Å². The van der Waals surface area contributed by atoms with Crippen LogP contribution in [0, 0.1) is 11.8 Å². The van der Waals surface area contributed by atoms with Crippen LogP contribution in [0.4, 0.5) is 0 Å². The molecule has 0 aromatic carbocycles. The van der Waals surface area contributed by atoms with E-state index in [9.17, 15) is 0 Å². The molecule has 0 amide bonds. The van der Waals surface area contributed by atoms with Gasteiger partial charge < -0.3 is 9.84 Å². The van der Waals surface area contributed by atoms with Gasteiger partial charge in [-0.2, -0.15) is 0 Å². The number of aliphatic hydroxyl groups excluding tert-OH is 1. The number of pyridine rings is 1. The molecule has 0 atom stereocenters. The maximum absolute atomic E-state index is 8.60. The van der Waals surface area contributed by atoms with Gasteiger partial charge in [-0.05, 0) is 12.5 Å². The van der Waals surface area contributed by atoms with E-state index in [1.165, 1.54) is 0 Å². The average molecular weight is 219 g/mol. The number of aliphatic hydroxyl groups is 1. The van der Waals surface area contributed by atoms with Gasteiger partial charge >= 0.3 is 0 Å². The molecule has 0 unspecified atom stereocenters. The lowest BCUT2D eigenvalue weighted by molar-refractivity contribution is 0.305. The third kappa shape index (κ3) is 4.81. The molecule has 0 saturated carbocycles. The molecule has 3 heteroatoms. The fourth-order valence-corrected chi connectivity index (χ4v) is 1.12. The van der Waals surface area contributed by atoms with Crippen LogP contribution in [0.5, 0.6) is 5.75 Å². The van der Waals surface area contributed by atoms with Crippen LogP contribution in [0.2, 0.25) is 0 Å². The van der Waals surface area contributed by atoms with E-state index in [-0.39, 0.29) is 6.61 Å². The molecule has 3 nitrogen and oxygen atoms in total. The van der Waals surface area contributed by atoms with Crippen LogP contribution in [-0.4, -0.2) is 23.3 Å². The smallest absolute Gasteiger partial charge is 0.138 e. The largest absolute Gasteiger partial charge is 0.492 e. The summed E-state index contributed by atoms with van der Waals surface area (Å²) in [5.41, 5.74) is 0.822. The second-order valence-corrected chi connectivity index (χ2v) is 3.39. The summed E-state index contributed by atoms with van der Waals surface area (Å²) in [6.45, 7) is 2.93. The summed E-state index contributed by atoms with van der Waals surface area (Å²) in [7, 11) is 0.